The summed E-state index contributed by atoms with van der Waals surface area (Å²) in [6.45, 7) is 0.556. The third-order valence-electron chi connectivity index (χ3n) is 3.06. The Morgan fingerprint density at radius 1 is 1.26 bits per heavy atom. The summed E-state index contributed by atoms with van der Waals surface area (Å²) in [5, 5.41) is 6.14. The van der Waals surface area contributed by atoms with Crippen LogP contribution in [0.25, 0.3) is 0 Å². The summed E-state index contributed by atoms with van der Waals surface area (Å²) in [5.41, 5.74) is 1.62. The monoisotopic (exact) mass is 264 g/mol. The van der Waals surface area contributed by atoms with Gasteiger partial charge < -0.3 is 20.1 Å². The van der Waals surface area contributed by atoms with Crippen LogP contribution in [0.15, 0.2) is 24.3 Å². The summed E-state index contributed by atoms with van der Waals surface area (Å²) in [6.07, 6.45) is 1.92. The molecule has 5 nitrogen and oxygen atoms in total. The maximum absolute atomic E-state index is 11.8. The quantitative estimate of drug-likeness (QED) is 0.735. The SMILES string of the molecule is COC(CNc1ccc(C(=O)NC2CC2)cc1)OC. The maximum Gasteiger partial charge on any atom is 0.251 e. The lowest BCUT2D eigenvalue weighted by Gasteiger charge is -2.15. The number of hydrogen-bond acceptors (Lipinski definition) is 4. The molecular weight excluding hydrogens is 244 g/mol. The number of amides is 1. The van der Waals surface area contributed by atoms with Crippen molar-refractivity contribution >= 4 is 11.6 Å². The molecule has 19 heavy (non-hydrogen) atoms. The van der Waals surface area contributed by atoms with Crippen LogP contribution in [0.5, 0.6) is 0 Å². The number of carbonyl (C=O) groups excluding carboxylic acids is 1. The number of anilines is 1. The smallest absolute Gasteiger partial charge is 0.251 e. The Hall–Kier alpha value is -1.59. The van der Waals surface area contributed by atoms with E-state index in [1.165, 1.54) is 0 Å². The standard InChI is InChI=1S/C14H20N2O3/c1-18-13(19-2)9-15-11-5-3-10(4-6-11)14(17)16-12-7-8-12/h3-6,12-13,15H,7-9H2,1-2H3,(H,16,17). The number of methoxy groups -OCH3 is 2. The van der Waals surface area contributed by atoms with Crippen LogP contribution in [-0.4, -0.2) is 39.0 Å². The van der Waals surface area contributed by atoms with Crippen molar-refractivity contribution in [2.75, 3.05) is 26.1 Å². The van der Waals surface area contributed by atoms with E-state index in [2.05, 4.69) is 10.6 Å². The molecule has 1 aromatic rings. The largest absolute Gasteiger partial charge is 0.380 e. The molecule has 0 heterocycles. The van der Waals surface area contributed by atoms with Crippen LogP contribution in [0.3, 0.4) is 0 Å². The second-order valence-electron chi connectivity index (χ2n) is 4.61. The average Bonchev–Trinajstić information content (AvgIpc) is 3.24. The number of nitrogens with one attached hydrogen (secondary N) is 2. The van der Waals surface area contributed by atoms with Crippen molar-refractivity contribution in [1.82, 2.24) is 5.32 Å². The van der Waals surface area contributed by atoms with Crippen molar-refractivity contribution < 1.29 is 14.3 Å². The highest BCUT2D eigenvalue weighted by Gasteiger charge is 2.23. The molecule has 0 radical (unpaired) electrons. The van der Waals surface area contributed by atoms with Crippen molar-refractivity contribution in [2.24, 2.45) is 0 Å². The second kappa shape index (κ2) is 6.54. The first kappa shape index (κ1) is 13.8. The van der Waals surface area contributed by atoms with Gasteiger partial charge >= 0.3 is 0 Å². The van der Waals surface area contributed by atoms with E-state index in [1.807, 2.05) is 24.3 Å². The van der Waals surface area contributed by atoms with E-state index in [4.69, 9.17) is 9.47 Å². The maximum atomic E-state index is 11.8. The van der Waals surface area contributed by atoms with E-state index in [0.717, 1.165) is 18.5 Å². The molecule has 0 aromatic heterocycles. The Morgan fingerprint density at radius 2 is 1.89 bits per heavy atom. The molecule has 1 aliphatic carbocycles. The predicted molar refractivity (Wildman–Crippen MR) is 73.2 cm³/mol. The highest BCUT2D eigenvalue weighted by atomic mass is 16.7. The van der Waals surface area contributed by atoms with E-state index in [0.29, 0.717) is 18.2 Å². The lowest BCUT2D eigenvalue weighted by molar-refractivity contribution is -0.0914. The number of hydrogen-bond donors (Lipinski definition) is 2. The fourth-order valence-corrected chi connectivity index (χ4v) is 1.70. The van der Waals surface area contributed by atoms with Gasteiger partial charge in [-0.2, -0.15) is 0 Å². The van der Waals surface area contributed by atoms with Gasteiger partial charge in [0.1, 0.15) is 0 Å². The van der Waals surface area contributed by atoms with Gasteiger partial charge in [-0.25, -0.2) is 0 Å². The zero-order valence-electron chi connectivity index (χ0n) is 11.3. The second-order valence-corrected chi connectivity index (χ2v) is 4.61. The van der Waals surface area contributed by atoms with Gasteiger partial charge in [-0.3, -0.25) is 4.79 Å². The molecule has 0 unspecified atom stereocenters. The first-order chi connectivity index (χ1) is 9.22. The fourth-order valence-electron chi connectivity index (χ4n) is 1.70. The Balaban J connectivity index is 1.84. The summed E-state index contributed by atoms with van der Waals surface area (Å²) >= 11 is 0. The van der Waals surface area contributed by atoms with Crippen LogP contribution in [0.1, 0.15) is 23.2 Å². The average molecular weight is 264 g/mol. The Bertz CT molecular complexity index is 411. The van der Waals surface area contributed by atoms with Crippen LogP contribution in [-0.2, 0) is 9.47 Å². The zero-order chi connectivity index (χ0) is 13.7. The van der Waals surface area contributed by atoms with Crippen LogP contribution < -0.4 is 10.6 Å². The highest BCUT2D eigenvalue weighted by Crippen LogP contribution is 2.19. The Morgan fingerprint density at radius 3 is 2.42 bits per heavy atom. The summed E-state index contributed by atoms with van der Waals surface area (Å²) in [6, 6.07) is 7.77. The van der Waals surface area contributed by atoms with Crippen molar-refractivity contribution in [2.45, 2.75) is 25.2 Å². The van der Waals surface area contributed by atoms with Gasteiger partial charge in [0.05, 0.1) is 6.54 Å². The van der Waals surface area contributed by atoms with Crippen LogP contribution in [0, 0.1) is 0 Å². The predicted octanol–water partition coefficient (Wildman–Crippen LogP) is 1.61. The molecule has 104 valence electrons. The van der Waals surface area contributed by atoms with Crippen LogP contribution in [0.4, 0.5) is 5.69 Å². The summed E-state index contributed by atoms with van der Waals surface area (Å²) in [7, 11) is 3.20. The van der Waals surface area contributed by atoms with Gasteiger partial charge in [0.15, 0.2) is 6.29 Å². The summed E-state index contributed by atoms with van der Waals surface area (Å²) in [5.74, 6) is 0.000657. The molecule has 1 saturated carbocycles. The molecule has 0 bridgehead atoms. The lowest BCUT2D eigenvalue weighted by atomic mass is 10.2. The third-order valence-corrected chi connectivity index (χ3v) is 3.06. The number of benzene rings is 1. The van der Waals surface area contributed by atoms with Crippen molar-refractivity contribution in [3.63, 3.8) is 0 Å². The van der Waals surface area contributed by atoms with Gasteiger partial charge in [0, 0.05) is 31.5 Å². The van der Waals surface area contributed by atoms with Gasteiger partial charge in [-0.05, 0) is 37.1 Å². The normalized spacial score (nSPS) is 14.5. The lowest BCUT2D eigenvalue weighted by Crippen LogP contribution is -2.25. The molecule has 1 amide bonds. The van der Waals surface area contributed by atoms with Gasteiger partial charge in [-0.1, -0.05) is 0 Å². The number of ether oxygens (including phenoxy) is 2. The van der Waals surface area contributed by atoms with Crippen molar-refractivity contribution in [3.05, 3.63) is 29.8 Å². The minimum absolute atomic E-state index is 0.000657. The number of carbonyl (C=O) groups is 1. The summed E-state index contributed by atoms with van der Waals surface area (Å²) < 4.78 is 10.2. The molecular formula is C14H20N2O3. The van der Waals surface area contributed by atoms with Crippen molar-refractivity contribution in [1.29, 1.82) is 0 Å². The molecule has 5 heteroatoms. The van der Waals surface area contributed by atoms with E-state index >= 15 is 0 Å². The minimum Gasteiger partial charge on any atom is -0.380 e. The topological polar surface area (TPSA) is 59.6 Å². The first-order valence-electron chi connectivity index (χ1n) is 6.43. The molecule has 1 aromatic carbocycles. The third kappa shape index (κ3) is 4.22. The molecule has 2 rings (SSSR count). The van der Waals surface area contributed by atoms with E-state index in [-0.39, 0.29) is 12.2 Å². The summed E-state index contributed by atoms with van der Waals surface area (Å²) in [4.78, 5) is 11.8. The number of rotatable bonds is 7. The minimum atomic E-state index is -0.280. The van der Waals surface area contributed by atoms with E-state index in [9.17, 15) is 4.79 Å². The molecule has 1 aliphatic rings. The van der Waals surface area contributed by atoms with Gasteiger partial charge in [0.2, 0.25) is 0 Å². The van der Waals surface area contributed by atoms with Crippen molar-refractivity contribution in [3.8, 4) is 0 Å². The molecule has 2 N–H and O–H groups in total. The van der Waals surface area contributed by atoms with E-state index < -0.39 is 0 Å². The molecule has 1 fully saturated rings. The molecule has 0 saturated heterocycles. The zero-order valence-corrected chi connectivity index (χ0v) is 11.3. The Kier molecular flexibility index (Phi) is 4.76. The van der Waals surface area contributed by atoms with Crippen LogP contribution >= 0.6 is 0 Å². The van der Waals surface area contributed by atoms with Gasteiger partial charge in [-0.15, -0.1) is 0 Å². The first-order valence-corrected chi connectivity index (χ1v) is 6.43. The van der Waals surface area contributed by atoms with E-state index in [1.54, 1.807) is 14.2 Å². The molecule has 0 spiro atoms. The highest BCUT2D eigenvalue weighted by molar-refractivity contribution is 5.94. The Labute approximate surface area is 113 Å². The fraction of sp³-hybridized carbons (Fsp3) is 0.500. The molecule has 0 atom stereocenters. The molecule has 0 aliphatic heterocycles. The van der Waals surface area contributed by atoms with Crippen LogP contribution in [0.2, 0.25) is 0 Å². The van der Waals surface area contributed by atoms with Gasteiger partial charge in [0.25, 0.3) is 5.91 Å².